The number of carboxylic acid groups (broad SMARTS) is 1. The van der Waals surface area contributed by atoms with Gasteiger partial charge in [-0.2, -0.15) is 0 Å². The summed E-state index contributed by atoms with van der Waals surface area (Å²) in [6.07, 6.45) is 2.09. The first-order valence-electron chi connectivity index (χ1n) is 3.83. The number of carbonyl (C=O) groups is 2. The lowest BCUT2D eigenvalue weighted by molar-refractivity contribution is -0.185. The van der Waals surface area contributed by atoms with Gasteiger partial charge in [-0.3, -0.25) is 14.4 Å². The molecule has 5 heteroatoms. The number of rotatable bonds is 2. The van der Waals surface area contributed by atoms with Crippen molar-refractivity contribution in [1.29, 1.82) is 0 Å². The Morgan fingerprint density at radius 1 is 1.67 bits per heavy atom. The Labute approximate surface area is 68.9 Å². The Morgan fingerprint density at radius 2 is 2.33 bits per heavy atom. The number of carboxylic acids is 1. The van der Waals surface area contributed by atoms with Gasteiger partial charge in [-0.15, -0.1) is 0 Å². The molecule has 1 aliphatic carbocycles. The Kier molecular flexibility index (Phi) is 1.38. The summed E-state index contributed by atoms with van der Waals surface area (Å²) < 4.78 is 0. The molecule has 0 atom stereocenters. The summed E-state index contributed by atoms with van der Waals surface area (Å²) in [5.41, 5.74) is -0.313. The van der Waals surface area contributed by atoms with Gasteiger partial charge in [0.25, 0.3) is 0 Å². The molecule has 1 aliphatic heterocycles. The third kappa shape index (κ3) is 1.16. The van der Waals surface area contributed by atoms with E-state index in [2.05, 4.69) is 0 Å². The fourth-order valence-corrected chi connectivity index (χ4v) is 1.33. The van der Waals surface area contributed by atoms with Crippen LogP contribution in [0.4, 0.5) is 0 Å². The van der Waals surface area contributed by atoms with Gasteiger partial charge in [-0.05, 0) is 12.8 Å². The van der Waals surface area contributed by atoms with Gasteiger partial charge in [0.2, 0.25) is 5.91 Å². The molecule has 0 aromatic rings. The number of hydrogen-bond donors (Lipinski definition) is 1. The van der Waals surface area contributed by atoms with Gasteiger partial charge in [0.05, 0.1) is 6.42 Å². The molecule has 1 heterocycles. The maximum Gasteiger partial charge on any atom is 0.325 e. The highest BCUT2D eigenvalue weighted by Crippen LogP contribution is 2.47. The summed E-state index contributed by atoms with van der Waals surface area (Å²) in [6.45, 7) is -0.347. The lowest BCUT2D eigenvalue weighted by Gasteiger charge is -2.12. The highest BCUT2D eigenvalue weighted by Gasteiger charge is 2.54. The van der Waals surface area contributed by atoms with Gasteiger partial charge in [0.1, 0.15) is 12.1 Å². The minimum Gasteiger partial charge on any atom is -0.480 e. The molecule has 1 amide bonds. The molecule has 0 unspecified atom stereocenters. The second kappa shape index (κ2) is 2.20. The van der Waals surface area contributed by atoms with E-state index in [-0.39, 0.29) is 18.1 Å². The largest absolute Gasteiger partial charge is 0.480 e. The van der Waals surface area contributed by atoms with Crippen LogP contribution in [0.5, 0.6) is 0 Å². The molecule has 12 heavy (non-hydrogen) atoms. The van der Waals surface area contributed by atoms with Gasteiger partial charge in [-0.1, -0.05) is 0 Å². The molecule has 2 rings (SSSR count). The molecule has 1 spiro atoms. The Bertz CT molecular complexity index is 246. The summed E-state index contributed by atoms with van der Waals surface area (Å²) in [5.74, 6) is -1.25. The van der Waals surface area contributed by atoms with Crippen LogP contribution in [0.1, 0.15) is 19.3 Å². The minimum atomic E-state index is -1.04. The first-order valence-corrected chi connectivity index (χ1v) is 3.83. The molecule has 1 saturated carbocycles. The Morgan fingerprint density at radius 3 is 2.75 bits per heavy atom. The number of hydrogen-bond acceptors (Lipinski definition) is 3. The van der Waals surface area contributed by atoms with Crippen molar-refractivity contribution in [2.45, 2.75) is 24.9 Å². The molecule has 0 aromatic carbocycles. The van der Waals surface area contributed by atoms with E-state index in [0.717, 1.165) is 17.9 Å². The second-order valence-corrected chi connectivity index (χ2v) is 3.28. The van der Waals surface area contributed by atoms with Crippen molar-refractivity contribution < 1.29 is 19.5 Å². The highest BCUT2D eigenvalue weighted by molar-refractivity contribution is 5.82. The molecular formula is C7H9NO4. The number of nitrogens with zero attached hydrogens (tertiary/aromatic N) is 1. The van der Waals surface area contributed by atoms with Crippen LogP contribution in [0, 0.1) is 0 Å². The summed E-state index contributed by atoms with van der Waals surface area (Å²) in [7, 11) is 0. The van der Waals surface area contributed by atoms with Gasteiger partial charge in [0.15, 0.2) is 0 Å². The van der Waals surface area contributed by atoms with Crippen LogP contribution in [0.25, 0.3) is 0 Å². The average molecular weight is 171 g/mol. The van der Waals surface area contributed by atoms with Crippen LogP contribution in [-0.2, 0) is 14.4 Å². The van der Waals surface area contributed by atoms with Crippen molar-refractivity contribution in [3.05, 3.63) is 0 Å². The van der Waals surface area contributed by atoms with Crippen LogP contribution in [0.3, 0.4) is 0 Å². The van der Waals surface area contributed by atoms with E-state index in [1.54, 1.807) is 0 Å². The molecule has 1 saturated heterocycles. The summed E-state index contributed by atoms with van der Waals surface area (Å²) >= 11 is 0. The predicted octanol–water partition coefficient (Wildman–Crippen LogP) is -0.233. The van der Waals surface area contributed by atoms with Crippen molar-refractivity contribution in [3.63, 3.8) is 0 Å². The topological polar surface area (TPSA) is 66.8 Å². The molecule has 1 N–H and O–H groups in total. The van der Waals surface area contributed by atoms with E-state index >= 15 is 0 Å². The van der Waals surface area contributed by atoms with Crippen molar-refractivity contribution in [3.8, 4) is 0 Å². The average Bonchev–Trinajstić information content (AvgIpc) is 2.59. The molecule has 0 aromatic heterocycles. The van der Waals surface area contributed by atoms with Gasteiger partial charge in [0, 0.05) is 0 Å². The van der Waals surface area contributed by atoms with Crippen molar-refractivity contribution >= 4 is 11.9 Å². The standard InChI is InChI=1S/C7H9NO4/c9-5-3-7(1-2-7)12-8(5)4-6(10)11/h1-4H2,(H,10,11). The van der Waals surface area contributed by atoms with E-state index in [1.807, 2.05) is 0 Å². The normalized spacial score (nSPS) is 25.0. The van der Waals surface area contributed by atoms with Crippen molar-refractivity contribution in [1.82, 2.24) is 5.06 Å². The zero-order valence-corrected chi connectivity index (χ0v) is 6.45. The van der Waals surface area contributed by atoms with Gasteiger partial charge >= 0.3 is 5.97 Å². The number of hydroxylamine groups is 2. The van der Waals surface area contributed by atoms with Crippen molar-refractivity contribution in [2.24, 2.45) is 0 Å². The molecule has 2 aliphatic rings. The lowest BCUT2D eigenvalue weighted by atomic mass is 10.2. The molecule has 66 valence electrons. The van der Waals surface area contributed by atoms with Gasteiger partial charge in [-0.25, -0.2) is 5.06 Å². The van der Waals surface area contributed by atoms with Crippen LogP contribution >= 0.6 is 0 Å². The third-order valence-electron chi connectivity index (χ3n) is 2.14. The van der Waals surface area contributed by atoms with Gasteiger partial charge < -0.3 is 5.11 Å². The molecule has 2 fully saturated rings. The molecule has 5 nitrogen and oxygen atoms in total. The molecule has 0 bridgehead atoms. The SMILES string of the molecule is O=C(O)CN1OC2(CC2)CC1=O. The minimum absolute atomic E-state index is 0.213. The van der Waals surface area contributed by atoms with E-state index in [9.17, 15) is 9.59 Å². The zero-order chi connectivity index (χ0) is 8.77. The first-order chi connectivity index (χ1) is 5.61. The molecule has 0 radical (unpaired) electrons. The second-order valence-electron chi connectivity index (χ2n) is 3.28. The quantitative estimate of drug-likeness (QED) is 0.623. The Hall–Kier alpha value is -1.10. The van der Waals surface area contributed by atoms with E-state index in [4.69, 9.17) is 9.94 Å². The smallest absolute Gasteiger partial charge is 0.325 e. The number of carbonyl (C=O) groups excluding carboxylic acids is 1. The van der Waals surface area contributed by atoms with Crippen LogP contribution < -0.4 is 0 Å². The van der Waals surface area contributed by atoms with E-state index in [1.165, 1.54) is 0 Å². The summed E-state index contributed by atoms with van der Waals surface area (Å²) in [6, 6.07) is 0. The molecular weight excluding hydrogens is 162 g/mol. The lowest BCUT2D eigenvalue weighted by Crippen LogP contribution is -2.30. The number of aliphatic carboxylic acids is 1. The van der Waals surface area contributed by atoms with Crippen LogP contribution in [0.15, 0.2) is 0 Å². The fraction of sp³-hybridized carbons (Fsp3) is 0.714. The summed E-state index contributed by atoms with van der Waals surface area (Å²) in [5, 5.41) is 9.36. The van der Waals surface area contributed by atoms with E-state index in [0.29, 0.717) is 6.42 Å². The third-order valence-corrected chi connectivity index (χ3v) is 2.14. The maximum atomic E-state index is 11.1. The first kappa shape index (κ1) is 7.54. The fourth-order valence-electron chi connectivity index (χ4n) is 1.33. The predicted molar refractivity (Wildman–Crippen MR) is 37.0 cm³/mol. The highest BCUT2D eigenvalue weighted by atomic mass is 16.7. The van der Waals surface area contributed by atoms with Crippen LogP contribution in [-0.4, -0.2) is 34.2 Å². The Balaban J connectivity index is 1.99. The summed E-state index contributed by atoms with van der Waals surface area (Å²) in [4.78, 5) is 26.5. The van der Waals surface area contributed by atoms with Crippen LogP contribution in [0.2, 0.25) is 0 Å². The van der Waals surface area contributed by atoms with Crippen molar-refractivity contribution in [2.75, 3.05) is 6.54 Å². The zero-order valence-electron chi connectivity index (χ0n) is 6.45. The maximum absolute atomic E-state index is 11.1. The van der Waals surface area contributed by atoms with E-state index < -0.39 is 5.97 Å². The number of amides is 1. The monoisotopic (exact) mass is 171 g/mol.